The van der Waals surface area contributed by atoms with Gasteiger partial charge in [0.1, 0.15) is 5.82 Å². The predicted molar refractivity (Wildman–Crippen MR) is 70.6 cm³/mol. The third-order valence-corrected chi connectivity index (χ3v) is 3.12. The highest BCUT2D eigenvalue weighted by atomic mass is 35.5. The maximum atomic E-state index is 13.7. The van der Waals surface area contributed by atoms with Gasteiger partial charge >= 0.3 is 0 Å². The van der Waals surface area contributed by atoms with Crippen molar-refractivity contribution in [1.82, 2.24) is 0 Å². The topological polar surface area (TPSA) is 17.1 Å². The van der Waals surface area contributed by atoms with Gasteiger partial charge < -0.3 is 0 Å². The standard InChI is InChI=1S/C15H12ClFO/c1-10(11-5-3-2-4-6-11)15(18)13-8-7-12(16)9-14(13)17/h2-10H,1H3. The molecule has 0 saturated carbocycles. The lowest BCUT2D eigenvalue weighted by atomic mass is 9.92. The van der Waals surface area contributed by atoms with Crippen molar-refractivity contribution in [3.8, 4) is 0 Å². The summed E-state index contributed by atoms with van der Waals surface area (Å²) in [6, 6.07) is 13.4. The van der Waals surface area contributed by atoms with Crippen molar-refractivity contribution in [2.45, 2.75) is 12.8 Å². The molecule has 92 valence electrons. The minimum absolute atomic E-state index is 0.0794. The first-order valence-corrected chi connectivity index (χ1v) is 6.01. The Kier molecular flexibility index (Phi) is 3.78. The molecule has 0 aromatic heterocycles. The normalized spacial score (nSPS) is 12.2. The number of rotatable bonds is 3. The number of hydrogen-bond donors (Lipinski definition) is 0. The van der Waals surface area contributed by atoms with Crippen molar-refractivity contribution in [3.05, 3.63) is 70.5 Å². The molecule has 0 aliphatic carbocycles. The molecule has 0 saturated heterocycles. The molecule has 0 aliphatic rings. The lowest BCUT2D eigenvalue weighted by molar-refractivity contribution is 0.0962. The van der Waals surface area contributed by atoms with Crippen LogP contribution in [-0.4, -0.2) is 5.78 Å². The van der Waals surface area contributed by atoms with Crippen LogP contribution >= 0.6 is 11.6 Å². The Labute approximate surface area is 110 Å². The van der Waals surface area contributed by atoms with Gasteiger partial charge in [0.25, 0.3) is 0 Å². The van der Waals surface area contributed by atoms with Crippen LogP contribution in [0.1, 0.15) is 28.8 Å². The summed E-state index contributed by atoms with van der Waals surface area (Å²) >= 11 is 5.67. The largest absolute Gasteiger partial charge is 0.293 e. The highest BCUT2D eigenvalue weighted by Crippen LogP contribution is 2.23. The lowest BCUT2D eigenvalue weighted by Crippen LogP contribution is -2.11. The Bertz CT molecular complexity index is 566. The monoisotopic (exact) mass is 262 g/mol. The smallest absolute Gasteiger partial charge is 0.172 e. The first-order chi connectivity index (χ1) is 8.59. The van der Waals surface area contributed by atoms with Crippen LogP contribution in [0.2, 0.25) is 5.02 Å². The highest BCUT2D eigenvalue weighted by molar-refractivity contribution is 6.30. The molecular formula is C15H12ClFO. The summed E-state index contributed by atoms with van der Waals surface area (Å²) in [5, 5.41) is 0.288. The number of ketones is 1. The fourth-order valence-electron chi connectivity index (χ4n) is 1.82. The van der Waals surface area contributed by atoms with E-state index < -0.39 is 5.82 Å². The number of hydrogen-bond acceptors (Lipinski definition) is 1. The number of Topliss-reactive ketones (excluding diaryl/α,β-unsaturated/α-hetero) is 1. The molecule has 1 atom stereocenters. The average Bonchev–Trinajstić information content (AvgIpc) is 2.38. The summed E-state index contributed by atoms with van der Waals surface area (Å²) in [7, 11) is 0. The van der Waals surface area contributed by atoms with Gasteiger partial charge in [-0.2, -0.15) is 0 Å². The van der Waals surface area contributed by atoms with E-state index in [9.17, 15) is 9.18 Å². The summed E-state index contributed by atoms with van der Waals surface area (Å²) in [6.07, 6.45) is 0. The van der Waals surface area contributed by atoms with Gasteiger partial charge in [-0.15, -0.1) is 0 Å². The lowest BCUT2D eigenvalue weighted by Gasteiger charge is -2.11. The highest BCUT2D eigenvalue weighted by Gasteiger charge is 2.20. The van der Waals surface area contributed by atoms with E-state index in [-0.39, 0.29) is 22.3 Å². The summed E-state index contributed by atoms with van der Waals surface area (Å²) in [5.41, 5.74) is 0.951. The zero-order valence-corrected chi connectivity index (χ0v) is 10.6. The van der Waals surface area contributed by atoms with E-state index in [0.29, 0.717) is 0 Å². The van der Waals surface area contributed by atoms with E-state index in [4.69, 9.17) is 11.6 Å². The third-order valence-electron chi connectivity index (χ3n) is 2.89. The van der Waals surface area contributed by atoms with Gasteiger partial charge in [-0.25, -0.2) is 4.39 Å². The first kappa shape index (κ1) is 12.8. The van der Waals surface area contributed by atoms with E-state index in [0.717, 1.165) is 11.6 Å². The number of carbonyl (C=O) groups excluding carboxylic acids is 1. The molecule has 0 heterocycles. The summed E-state index contributed by atoms with van der Waals surface area (Å²) in [4.78, 5) is 12.2. The molecule has 2 aromatic carbocycles. The van der Waals surface area contributed by atoms with Gasteiger partial charge in [0.2, 0.25) is 0 Å². The fraction of sp³-hybridized carbons (Fsp3) is 0.133. The van der Waals surface area contributed by atoms with Gasteiger partial charge in [-0.05, 0) is 23.8 Å². The Morgan fingerprint density at radius 2 is 1.83 bits per heavy atom. The Morgan fingerprint density at radius 3 is 2.44 bits per heavy atom. The molecule has 18 heavy (non-hydrogen) atoms. The molecule has 2 rings (SSSR count). The summed E-state index contributed by atoms with van der Waals surface area (Å²) in [6.45, 7) is 1.77. The summed E-state index contributed by atoms with van der Waals surface area (Å²) < 4.78 is 13.7. The quantitative estimate of drug-likeness (QED) is 0.746. The zero-order chi connectivity index (χ0) is 13.1. The second kappa shape index (κ2) is 5.32. The Balaban J connectivity index is 2.32. The van der Waals surface area contributed by atoms with Crippen molar-refractivity contribution in [1.29, 1.82) is 0 Å². The van der Waals surface area contributed by atoms with Crippen LogP contribution in [0.15, 0.2) is 48.5 Å². The van der Waals surface area contributed by atoms with E-state index in [2.05, 4.69) is 0 Å². The van der Waals surface area contributed by atoms with Crippen LogP contribution in [0.4, 0.5) is 4.39 Å². The minimum atomic E-state index is -0.574. The van der Waals surface area contributed by atoms with E-state index in [1.807, 2.05) is 30.3 Å². The predicted octanol–water partition coefficient (Wildman–Crippen LogP) is 4.47. The van der Waals surface area contributed by atoms with E-state index >= 15 is 0 Å². The van der Waals surface area contributed by atoms with Gasteiger partial charge in [0, 0.05) is 10.9 Å². The molecule has 0 spiro atoms. The number of carbonyl (C=O) groups is 1. The molecular weight excluding hydrogens is 251 g/mol. The number of halogens is 2. The van der Waals surface area contributed by atoms with Crippen LogP contribution in [0, 0.1) is 5.82 Å². The molecule has 0 N–H and O–H groups in total. The fourth-order valence-corrected chi connectivity index (χ4v) is 1.97. The molecule has 0 radical (unpaired) electrons. The second-order valence-corrected chi connectivity index (χ2v) is 4.56. The third kappa shape index (κ3) is 2.59. The van der Waals surface area contributed by atoms with Crippen LogP contribution < -0.4 is 0 Å². The summed E-state index contributed by atoms with van der Waals surface area (Å²) in [5.74, 6) is -1.19. The SMILES string of the molecule is CC(C(=O)c1ccc(Cl)cc1F)c1ccccc1. The molecule has 0 fully saturated rings. The van der Waals surface area contributed by atoms with Crippen LogP contribution in [-0.2, 0) is 0 Å². The molecule has 2 aromatic rings. The first-order valence-electron chi connectivity index (χ1n) is 5.64. The van der Waals surface area contributed by atoms with Crippen molar-refractivity contribution in [2.75, 3.05) is 0 Å². The van der Waals surface area contributed by atoms with Crippen LogP contribution in [0.3, 0.4) is 0 Å². The van der Waals surface area contributed by atoms with Gasteiger partial charge in [-0.1, -0.05) is 48.9 Å². The molecule has 1 unspecified atom stereocenters. The van der Waals surface area contributed by atoms with Crippen molar-refractivity contribution >= 4 is 17.4 Å². The van der Waals surface area contributed by atoms with Gasteiger partial charge in [0.15, 0.2) is 5.78 Å². The molecule has 3 heteroatoms. The van der Waals surface area contributed by atoms with Gasteiger partial charge in [-0.3, -0.25) is 4.79 Å². The molecule has 0 aliphatic heterocycles. The second-order valence-electron chi connectivity index (χ2n) is 4.12. The van der Waals surface area contributed by atoms with Crippen molar-refractivity contribution < 1.29 is 9.18 Å². The zero-order valence-electron chi connectivity index (χ0n) is 9.86. The molecule has 0 amide bonds. The average molecular weight is 263 g/mol. The van der Waals surface area contributed by atoms with Gasteiger partial charge in [0.05, 0.1) is 5.56 Å². The Hall–Kier alpha value is -1.67. The van der Waals surface area contributed by atoms with Crippen LogP contribution in [0.5, 0.6) is 0 Å². The minimum Gasteiger partial charge on any atom is -0.293 e. The van der Waals surface area contributed by atoms with Crippen LogP contribution in [0.25, 0.3) is 0 Å². The molecule has 0 bridgehead atoms. The maximum absolute atomic E-state index is 13.7. The Morgan fingerprint density at radius 1 is 1.17 bits per heavy atom. The molecule has 1 nitrogen and oxygen atoms in total. The van der Waals surface area contributed by atoms with Crippen molar-refractivity contribution in [3.63, 3.8) is 0 Å². The van der Waals surface area contributed by atoms with E-state index in [1.165, 1.54) is 12.1 Å². The van der Waals surface area contributed by atoms with E-state index in [1.54, 1.807) is 6.92 Å². The van der Waals surface area contributed by atoms with Crippen molar-refractivity contribution in [2.24, 2.45) is 0 Å². The maximum Gasteiger partial charge on any atom is 0.172 e. The number of benzene rings is 2.